The number of amides is 1. The van der Waals surface area contributed by atoms with Crippen molar-refractivity contribution in [3.05, 3.63) is 41.4 Å². The number of carbonyl (C=O) groups excluding carboxylic acids is 1. The summed E-state index contributed by atoms with van der Waals surface area (Å²) in [7, 11) is 1.70. The maximum Gasteiger partial charge on any atom is 0.270 e. The Bertz CT molecular complexity index is 962. The molecule has 1 fully saturated rings. The molecule has 154 valence electrons. The van der Waals surface area contributed by atoms with E-state index < -0.39 is 0 Å². The summed E-state index contributed by atoms with van der Waals surface area (Å²) in [5.41, 5.74) is 2.63. The molecule has 1 aromatic carbocycles. The summed E-state index contributed by atoms with van der Waals surface area (Å²) in [6.45, 7) is 6.16. The van der Waals surface area contributed by atoms with Crippen molar-refractivity contribution in [2.75, 3.05) is 53.1 Å². The van der Waals surface area contributed by atoms with E-state index in [1.165, 1.54) is 11.3 Å². The Kier molecular flexibility index (Phi) is 6.56. The van der Waals surface area contributed by atoms with Crippen LogP contribution in [0.1, 0.15) is 10.5 Å². The number of nitrogens with one attached hydrogen (secondary N) is 1. The number of hydrogen-bond acceptors (Lipinski definition) is 6. The summed E-state index contributed by atoms with van der Waals surface area (Å²) >= 11 is 1.49. The van der Waals surface area contributed by atoms with Crippen molar-refractivity contribution in [2.45, 2.75) is 6.54 Å². The maximum atomic E-state index is 12.5. The molecule has 8 heteroatoms. The first-order chi connectivity index (χ1) is 14.3. The van der Waals surface area contributed by atoms with E-state index in [1.807, 2.05) is 17.5 Å². The SMILES string of the molecule is COCCn1c(-c2nc(C(=O)NCCN3CCOCC3)cs2)cc2ccccc21. The Morgan fingerprint density at radius 3 is 2.93 bits per heavy atom. The van der Waals surface area contributed by atoms with Gasteiger partial charge in [0.05, 0.1) is 25.5 Å². The van der Waals surface area contributed by atoms with Gasteiger partial charge >= 0.3 is 0 Å². The summed E-state index contributed by atoms with van der Waals surface area (Å²) in [6, 6.07) is 10.4. The molecule has 0 spiro atoms. The number of ether oxygens (including phenoxy) is 2. The van der Waals surface area contributed by atoms with Crippen LogP contribution in [0.2, 0.25) is 0 Å². The minimum absolute atomic E-state index is 0.125. The quantitative estimate of drug-likeness (QED) is 0.613. The van der Waals surface area contributed by atoms with Crippen molar-refractivity contribution in [3.63, 3.8) is 0 Å². The van der Waals surface area contributed by atoms with E-state index in [2.05, 4.69) is 38.0 Å². The molecule has 0 radical (unpaired) electrons. The molecule has 1 aliphatic heterocycles. The molecule has 1 saturated heterocycles. The number of morpholine rings is 1. The standard InChI is InChI=1S/C21H26N4O3S/c1-27-11-10-25-18-5-3-2-4-16(18)14-19(25)21-23-17(15-29-21)20(26)22-6-7-24-8-12-28-13-9-24/h2-5,14-15H,6-13H2,1H3,(H,22,26). The van der Waals surface area contributed by atoms with Crippen LogP contribution in [-0.2, 0) is 16.0 Å². The molecular weight excluding hydrogens is 388 g/mol. The zero-order valence-corrected chi connectivity index (χ0v) is 17.4. The van der Waals surface area contributed by atoms with Gasteiger partial charge in [-0.1, -0.05) is 18.2 Å². The molecule has 3 aromatic rings. The number of aromatic nitrogens is 2. The van der Waals surface area contributed by atoms with Crippen LogP contribution in [0.4, 0.5) is 0 Å². The van der Waals surface area contributed by atoms with Crippen molar-refractivity contribution in [1.82, 2.24) is 19.8 Å². The number of benzene rings is 1. The number of nitrogens with zero attached hydrogens (tertiary/aromatic N) is 3. The van der Waals surface area contributed by atoms with Crippen LogP contribution in [0.25, 0.3) is 21.6 Å². The lowest BCUT2D eigenvalue weighted by molar-refractivity contribution is 0.0383. The van der Waals surface area contributed by atoms with Gasteiger partial charge in [-0.15, -0.1) is 11.3 Å². The van der Waals surface area contributed by atoms with Crippen LogP contribution in [0.15, 0.2) is 35.7 Å². The van der Waals surface area contributed by atoms with Crippen molar-refractivity contribution in [2.24, 2.45) is 0 Å². The first-order valence-corrected chi connectivity index (χ1v) is 10.8. The van der Waals surface area contributed by atoms with Gasteiger partial charge in [0.15, 0.2) is 0 Å². The Morgan fingerprint density at radius 1 is 1.28 bits per heavy atom. The van der Waals surface area contributed by atoms with E-state index in [0.717, 1.165) is 61.0 Å². The van der Waals surface area contributed by atoms with E-state index in [1.54, 1.807) is 7.11 Å². The molecule has 2 aromatic heterocycles. The van der Waals surface area contributed by atoms with Gasteiger partial charge in [0.25, 0.3) is 5.91 Å². The van der Waals surface area contributed by atoms with Crippen molar-refractivity contribution in [3.8, 4) is 10.7 Å². The molecule has 3 heterocycles. The smallest absolute Gasteiger partial charge is 0.270 e. The molecule has 0 bridgehead atoms. The van der Waals surface area contributed by atoms with E-state index in [0.29, 0.717) is 18.8 Å². The maximum absolute atomic E-state index is 12.5. The van der Waals surface area contributed by atoms with Gasteiger partial charge in [-0.3, -0.25) is 9.69 Å². The molecule has 0 saturated carbocycles. The van der Waals surface area contributed by atoms with Crippen LogP contribution in [0, 0.1) is 0 Å². The van der Waals surface area contributed by atoms with E-state index >= 15 is 0 Å². The third-order valence-corrected chi connectivity index (χ3v) is 5.97. The summed E-state index contributed by atoms with van der Waals surface area (Å²) in [5.74, 6) is -0.125. The highest BCUT2D eigenvalue weighted by atomic mass is 32.1. The molecule has 29 heavy (non-hydrogen) atoms. The zero-order valence-electron chi connectivity index (χ0n) is 16.6. The first kappa shape index (κ1) is 20.0. The Hall–Kier alpha value is -2.26. The Labute approximate surface area is 174 Å². The molecular formula is C21H26N4O3S. The molecule has 7 nitrogen and oxygen atoms in total. The molecule has 4 rings (SSSR count). The van der Waals surface area contributed by atoms with Crippen LogP contribution >= 0.6 is 11.3 Å². The number of para-hydroxylation sites is 1. The minimum atomic E-state index is -0.125. The lowest BCUT2D eigenvalue weighted by atomic mass is 10.2. The van der Waals surface area contributed by atoms with Crippen molar-refractivity contribution >= 4 is 28.1 Å². The summed E-state index contributed by atoms with van der Waals surface area (Å²) in [5, 5.41) is 6.81. The lowest BCUT2D eigenvalue weighted by Crippen LogP contribution is -2.41. The highest BCUT2D eigenvalue weighted by Crippen LogP contribution is 2.30. The Balaban J connectivity index is 1.46. The highest BCUT2D eigenvalue weighted by Gasteiger charge is 2.17. The van der Waals surface area contributed by atoms with Crippen LogP contribution in [-0.4, -0.2) is 73.5 Å². The predicted molar refractivity (Wildman–Crippen MR) is 115 cm³/mol. The van der Waals surface area contributed by atoms with E-state index in [9.17, 15) is 4.79 Å². The van der Waals surface area contributed by atoms with E-state index in [4.69, 9.17) is 9.47 Å². The summed E-state index contributed by atoms with van der Waals surface area (Å²) in [4.78, 5) is 19.4. The van der Waals surface area contributed by atoms with Crippen molar-refractivity contribution in [1.29, 1.82) is 0 Å². The fraction of sp³-hybridized carbons (Fsp3) is 0.429. The second-order valence-corrected chi connectivity index (χ2v) is 7.84. The molecule has 1 N–H and O–H groups in total. The van der Waals surface area contributed by atoms with Crippen LogP contribution in [0.3, 0.4) is 0 Å². The van der Waals surface area contributed by atoms with Crippen LogP contribution < -0.4 is 5.32 Å². The average molecular weight is 415 g/mol. The summed E-state index contributed by atoms with van der Waals surface area (Å²) in [6.07, 6.45) is 0. The highest BCUT2D eigenvalue weighted by molar-refractivity contribution is 7.13. The molecule has 1 amide bonds. The summed E-state index contributed by atoms with van der Waals surface area (Å²) < 4.78 is 12.8. The number of hydrogen-bond donors (Lipinski definition) is 1. The van der Waals surface area contributed by atoms with Gasteiger partial charge in [-0.2, -0.15) is 0 Å². The third kappa shape index (κ3) is 4.67. The molecule has 0 unspecified atom stereocenters. The second kappa shape index (κ2) is 9.49. The van der Waals surface area contributed by atoms with Gasteiger partial charge in [-0.25, -0.2) is 4.98 Å². The minimum Gasteiger partial charge on any atom is -0.383 e. The predicted octanol–water partition coefficient (Wildman–Crippen LogP) is 2.47. The lowest BCUT2D eigenvalue weighted by Gasteiger charge is -2.26. The largest absolute Gasteiger partial charge is 0.383 e. The van der Waals surface area contributed by atoms with E-state index in [-0.39, 0.29) is 5.91 Å². The van der Waals surface area contributed by atoms with Gasteiger partial charge in [0.1, 0.15) is 10.7 Å². The zero-order chi connectivity index (χ0) is 20.1. The van der Waals surface area contributed by atoms with Gasteiger partial charge in [0, 0.05) is 56.1 Å². The van der Waals surface area contributed by atoms with Gasteiger partial charge in [0.2, 0.25) is 0 Å². The topological polar surface area (TPSA) is 68.6 Å². The number of carbonyl (C=O) groups is 1. The number of rotatable bonds is 8. The fourth-order valence-corrected chi connectivity index (χ4v) is 4.37. The van der Waals surface area contributed by atoms with Crippen LogP contribution in [0.5, 0.6) is 0 Å². The first-order valence-electron chi connectivity index (χ1n) is 9.87. The monoisotopic (exact) mass is 414 g/mol. The molecule has 0 atom stereocenters. The Morgan fingerprint density at radius 2 is 2.10 bits per heavy atom. The van der Waals surface area contributed by atoms with Crippen molar-refractivity contribution < 1.29 is 14.3 Å². The molecule has 0 aliphatic carbocycles. The van der Waals surface area contributed by atoms with Gasteiger partial charge in [-0.05, 0) is 12.1 Å². The number of methoxy groups -OCH3 is 1. The second-order valence-electron chi connectivity index (χ2n) is 6.98. The molecule has 1 aliphatic rings. The number of thiazole rings is 1. The third-order valence-electron chi connectivity index (χ3n) is 5.10. The average Bonchev–Trinajstić information content (AvgIpc) is 3.38. The van der Waals surface area contributed by atoms with Gasteiger partial charge < -0.3 is 19.4 Å². The fourth-order valence-electron chi connectivity index (χ4n) is 3.55. The normalized spacial score (nSPS) is 15.1. The number of fused-ring (bicyclic) bond motifs is 1.